The number of rotatable bonds is 4. The third kappa shape index (κ3) is 4.49. The fourth-order valence-corrected chi connectivity index (χ4v) is 4.73. The van der Waals surface area contributed by atoms with Gasteiger partial charge in [0.1, 0.15) is 5.75 Å². The SMILES string of the molecule is COc1ccc(CC2CCOC3(CCN(C(=O)c4ccc(C#N)cc4)CC3)C2)cc1. The molecule has 5 heteroatoms. The lowest BCUT2D eigenvalue weighted by molar-refractivity contribution is -0.123. The number of benzene rings is 2. The summed E-state index contributed by atoms with van der Waals surface area (Å²) >= 11 is 0. The van der Waals surface area contributed by atoms with E-state index >= 15 is 0 Å². The Morgan fingerprint density at radius 1 is 1.17 bits per heavy atom. The third-order valence-electron chi connectivity index (χ3n) is 6.50. The van der Waals surface area contributed by atoms with E-state index in [1.54, 1.807) is 31.4 Å². The summed E-state index contributed by atoms with van der Waals surface area (Å²) in [5, 5.41) is 8.93. The smallest absolute Gasteiger partial charge is 0.253 e. The molecule has 2 aromatic carbocycles. The first-order valence-electron chi connectivity index (χ1n) is 10.7. The van der Waals surface area contributed by atoms with Gasteiger partial charge in [0, 0.05) is 25.3 Å². The highest BCUT2D eigenvalue weighted by Gasteiger charge is 2.41. The molecule has 5 nitrogen and oxygen atoms in total. The van der Waals surface area contributed by atoms with Gasteiger partial charge in [0.05, 0.1) is 24.3 Å². The second-order valence-electron chi connectivity index (χ2n) is 8.42. The molecule has 0 aliphatic carbocycles. The summed E-state index contributed by atoms with van der Waals surface area (Å²) < 4.78 is 11.5. The van der Waals surface area contributed by atoms with E-state index in [-0.39, 0.29) is 11.5 Å². The van der Waals surface area contributed by atoms with E-state index in [9.17, 15) is 4.79 Å². The number of hydrogen-bond donors (Lipinski definition) is 0. The van der Waals surface area contributed by atoms with Crippen LogP contribution in [0.3, 0.4) is 0 Å². The molecule has 1 spiro atoms. The molecular formula is C25H28N2O3. The first-order valence-corrected chi connectivity index (χ1v) is 10.7. The summed E-state index contributed by atoms with van der Waals surface area (Å²) in [6, 6.07) is 17.3. The zero-order valence-corrected chi connectivity index (χ0v) is 17.5. The van der Waals surface area contributed by atoms with Crippen LogP contribution in [0.1, 0.15) is 47.2 Å². The second-order valence-corrected chi connectivity index (χ2v) is 8.42. The van der Waals surface area contributed by atoms with Gasteiger partial charge in [0.15, 0.2) is 0 Å². The van der Waals surface area contributed by atoms with Crippen molar-refractivity contribution in [1.82, 2.24) is 4.90 Å². The monoisotopic (exact) mass is 404 g/mol. The standard InChI is InChI=1S/C25H28N2O3/c1-29-23-8-4-19(5-9-23)16-21-10-15-30-25(17-21)11-13-27(14-12-25)24(28)22-6-2-20(18-26)3-7-22/h2-9,21H,10-17H2,1H3. The lowest BCUT2D eigenvalue weighted by Crippen LogP contribution is -2.51. The Hall–Kier alpha value is -2.84. The van der Waals surface area contributed by atoms with Gasteiger partial charge < -0.3 is 14.4 Å². The van der Waals surface area contributed by atoms with Gasteiger partial charge >= 0.3 is 0 Å². The molecule has 2 fully saturated rings. The molecule has 1 unspecified atom stereocenters. The van der Waals surface area contributed by atoms with Crippen molar-refractivity contribution in [3.63, 3.8) is 0 Å². The topological polar surface area (TPSA) is 62.6 Å². The van der Waals surface area contributed by atoms with Gasteiger partial charge in [-0.1, -0.05) is 12.1 Å². The first kappa shape index (κ1) is 20.4. The Morgan fingerprint density at radius 3 is 2.50 bits per heavy atom. The van der Waals surface area contributed by atoms with Crippen LogP contribution in [0.2, 0.25) is 0 Å². The van der Waals surface area contributed by atoms with E-state index in [0.29, 0.717) is 30.1 Å². The van der Waals surface area contributed by atoms with Gasteiger partial charge in [-0.25, -0.2) is 0 Å². The summed E-state index contributed by atoms with van der Waals surface area (Å²) in [4.78, 5) is 14.7. The quantitative estimate of drug-likeness (QED) is 0.766. The van der Waals surface area contributed by atoms with E-state index in [4.69, 9.17) is 14.7 Å². The molecule has 2 aromatic rings. The maximum absolute atomic E-state index is 12.8. The van der Waals surface area contributed by atoms with Crippen molar-refractivity contribution in [3.05, 3.63) is 65.2 Å². The molecule has 2 saturated heterocycles. The number of carbonyl (C=O) groups excluding carboxylic acids is 1. The van der Waals surface area contributed by atoms with Gasteiger partial charge in [0.2, 0.25) is 0 Å². The minimum absolute atomic E-state index is 0.0416. The predicted octanol–water partition coefficient (Wildman–Crippen LogP) is 4.21. The molecule has 1 atom stereocenters. The van der Waals surface area contributed by atoms with E-state index in [2.05, 4.69) is 18.2 Å². The number of hydrogen-bond acceptors (Lipinski definition) is 4. The Bertz CT molecular complexity index is 907. The van der Waals surface area contributed by atoms with Crippen molar-refractivity contribution in [3.8, 4) is 11.8 Å². The molecule has 2 aliphatic heterocycles. The predicted molar refractivity (Wildman–Crippen MR) is 114 cm³/mol. The van der Waals surface area contributed by atoms with Crippen LogP contribution in [0, 0.1) is 17.2 Å². The highest BCUT2D eigenvalue weighted by Crippen LogP contribution is 2.39. The number of nitriles is 1. The molecule has 30 heavy (non-hydrogen) atoms. The number of piperidine rings is 1. The summed E-state index contributed by atoms with van der Waals surface area (Å²) in [6.45, 7) is 2.23. The molecule has 0 aromatic heterocycles. The summed E-state index contributed by atoms with van der Waals surface area (Å²) in [7, 11) is 1.69. The Kier molecular flexibility index (Phi) is 6.06. The highest BCUT2D eigenvalue weighted by atomic mass is 16.5. The number of methoxy groups -OCH3 is 1. The minimum atomic E-state index is -0.100. The van der Waals surface area contributed by atoms with Crippen LogP contribution in [0.4, 0.5) is 0 Å². The molecule has 0 N–H and O–H groups in total. The fraction of sp³-hybridized carbons (Fsp3) is 0.440. The second kappa shape index (κ2) is 8.89. The number of likely N-dealkylation sites (tertiary alicyclic amines) is 1. The lowest BCUT2D eigenvalue weighted by Gasteiger charge is -2.46. The van der Waals surface area contributed by atoms with Gasteiger partial charge in [-0.05, 0) is 80.0 Å². The molecule has 1 amide bonds. The van der Waals surface area contributed by atoms with Crippen molar-refractivity contribution in [2.24, 2.45) is 5.92 Å². The molecule has 156 valence electrons. The molecule has 0 bridgehead atoms. The summed E-state index contributed by atoms with van der Waals surface area (Å²) in [5.74, 6) is 1.54. The molecule has 0 saturated carbocycles. The molecular weight excluding hydrogens is 376 g/mol. The van der Waals surface area contributed by atoms with Gasteiger partial charge in [-0.2, -0.15) is 5.26 Å². The summed E-state index contributed by atoms with van der Waals surface area (Å²) in [5.41, 5.74) is 2.46. The van der Waals surface area contributed by atoms with Gasteiger partial charge in [-0.15, -0.1) is 0 Å². The van der Waals surface area contributed by atoms with Crippen molar-refractivity contribution in [1.29, 1.82) is 5.26 Å². The number of amides is 1. The van der Waals surface area contributed by atoms with Crippen molar-refractivity contribution >= 4 is 5.91 Å². The van der Waals surface area contributed by atoms with E-state index in [0.717, 1.165) is 44.5 Å². The highest BCUT2D eigenvalue weighted by molar-refractivity contribution is 5.94. The van der Waals surface area contributed by atoms with Crippen LogP contribution < -0.4 is 4.74 Å². The average molecular weight is 405 g/mol. The maximum Gasteiger partial charge on any atom is 0.253 e. The van der Waals surface area contributed by atoms with Crippen LogP contribution >= 0.6 is 0 Å². The average Bonchev–Trinajstić information content (AvgIpc) is 2.80. The maximum atomic E-state index is 12.8. The third-order valence-corrected chi connectivity index (χ3v) is 6.50. The normalized spacial score (nSPS) is 20.5. The molecule has 4 rings (SSSR count). The van der Waals surface area contributed by atoms with Crippen molar-refractivity contribution in [2.45, 2.75) is 37.7 Å². The zero-order chi connectivity index (χ0) is 21.0. The van der Waals surface area contributed by atoms with Crippen LogP contribution in [0.25, 0.3) is 0 Å². The van der Waals surface area contributed by atoms with Crippen molar-refractivity contribution in [2.75, 3.05) is 26.8 Å². The molecule has 0 radical (unpaired) electrons. The van der Waals surface area contributed by atoms with Crippen LogP contribution in [-0.4, -0.2) is 43.2 Å². The Balaban J connectivity index is 1.34. The summed E-state index contributed by atoms with van der Waals surface area (Å²) in [6.07, 6.45) is 4.96. The molecule has 2 heterocycles. The van der Waals surface area contributed by atoms with Crippen molar-refractivity contribution < 1.29 is 14.3 Å². The zero-order valence-electron chi connectivity index (χ0n) is 17.5. The largest absolute Gasteiger partial charge is 0.497 e. The fourth-order valence-electron chi connectivity index (χ4n) is 4.73. The Labute approximate surface area is 178 Å². The molecule has 2 aliphatic rings. The van der Waals surface area contributed by atoms with E-state index in [1.165, 1.54) is 5.56 Å². The number of nitrogens with zero attached hydrogens (tertiary/aromatic N) is 2. The van der Waals surface area contributed by atoms with Gasteiger partial charge in [0.25, 0.3) is 5.91 Å². The number of ether oxygens (including phenoxy) is 2. The van der Waals surface area contributed by atoms with Gasteiger partial charge in [-0.3, -0.25) is 4.79 Å². The van der Waals surface area contributed by atoms with Crippen LogP contribution in [-0.2, 0) is 11.2 Å². The minimum Gasteiger partial charge on any atom is -0.497 e. The van der Waals surface area contributed by atoms with Crippen LogP contribution in [0.15, 0.2) is 48.5 Å². The van der Waals surface area contributed by atoms with E-state index < -0.39 is 0 Å². The van der Waals surface area contributed by atoms with Crippen LogP contribution in [0.5, 0.6) is 5.75 Å². The number of carbonyl (C=O) groups is 1. The van der Waals surface area contributed by atoms with E-state index in [1.807, 2.05) is 17.0 Å². The lowest BCUT2D eigenvalue weighted by atomic mass is 9.77. The first-order chi connectivity index (χ1) is 14.6. The Morgan fingerprint density at radius 2 is 1.87 bits per heavy atom.